The van der Waals surface area contributed by atoms with Crippen molar-refractivity contribution in [2.24, 2.45) is 0 Å². The summed E-state index contributed by atoms with van der Waals surface area (Å²) >= 11 is 1.48. The van der Waals surface area contributed by atoms with Gasteiger partial charge in [-0.2, -0.15) is 0 Å². The van der Waals surface area contributed by atoms with Gasteiger partial charge in [-0.3, -0.25) is 10.0 Å². The highest BCUT2D eigenvalue weighted by atomic mass is 127. The molecule has 15 heavy (non-hydrogen) atoms. The molecule has 1 aromatic rings. The fraction of sp³-hybridized carbons (Fsp3) is 0. The second kappa shape index (κ2) is 4.90. The second-order valence-electron chi connectivity index (χ2n) is 2.73. The lowest BCUT2D eigenvalue weighted by atomic mass is 9.79. The van der Waals surface area contributed by atoms with Crippen molar-refractivity contribution in [3.8, 4) is 0 Å². The number of anilines is 1. The summed E-state index contributed by atoms with van der Waals surface area (Å²) in [4.78, 5) is 11.0. The molecule has 0 atom stereocenters. The number of hydrogen-bond acceptors (Lipinski definition) is 6. The topological polar surface area (TPSA) is 104 Å². The average molecular weight is 322 g/mol. The molecular formula is C7H6BINO5-. The monoisotopic (exact) mass is 322 g/mol. The summed E-state index contributed by atoms with van der Waals surface area (Å²) in [6.07, 6.45) is 0. The highest BCUT2D eigenvalue weighted by molar-refractivity contribution is 14.1. The molecule has 0 aliphatic carbocycles. The Bertz CT molecular complexity index is 357. The van der Waals surface area contributed by atoms with E-state index in [-0.39, 0.29) is 20.5 Å². The molecule has 0 heterocycles. The van der Waals surface area contributed by atoms with E-state index in [0.29, 0.717) is 0 Å². The lowest BCUT2D eigenvalue weighted by Gasteiger charge is -2.22. The molecule has 0 bridgehead atoms. The van der Waals surface area contributed by atoms with Crippen LogP contribution >= 0.6 is 22.6 Å². The summed E-state index contributed by atoms with van der Waals surface area (Å²) in [5, 5.41) is 36.5. The van der Waals surface area contributed by atoms with Gasteiger partial charge < -0.3 is 20.5 Å². The van der Waals surface area contributed by atoms with Gasteiger partial charge in [-0.1, -0.05) is 6.07 Å². The van der Waals surface area contributed by atoms with Crippen LogP contribution in [0.3, 0.4) is 0 Å². The Morgan fingerprint density at radius 1 is 1.40 bits per heavy atom. The minimum absolute atomic E-state index is 0.0394. The summed E-state index contributed by atoms with van der Waals surface area (Å²) in [6, 6.07) is 3.45. The Labute approximate surface area is 99.0 Å². The Morgan fingerprint density at radius 3 is 2.40 bits per heavy atom. The summed E-state index contributed by atoms with van der Waals surface area (Å²) in [5.74, 6) is 0. The van der Waals surface area contributed by atoms with Crippen LogP contribution in [0.1, 0.15) is 10.4 Å². The summed E-state index contributed by atoms with van der Waals surface area (Å²) in [5.41, 5.74) is -0.172. The minimum Gasteiger partial charge on any atom is -0.733 e. The van der Waals surface area contributed by atoms with Gasteiger partial charge in [-0.15, -0.1) is 0 Å². The molecule has 0 unspecified atom stereocenters. The van der Waals surface area contributed by atoms with Crippen LogP contribution in [0.25, 0.3) is 0 Å². The first kappa shape index (κ1) is 12.4. The molecule has 8 heteroatoms. The van der Waals surface area contributed by atoms with Gasteiger partial charge in [0.1, 0.15) is 0 Å². The van der Waals surface area contributed by atoms with Crippen LogP contribution in [-0.4, -0.2) is 26.2 Å². The predicted octanol–water partition coefficient (Wildman–Crippen LogP) is -0.365. The molecule has 1 aromatic carbocycles. The van der Waals surface area contributed by atoms with E-state index in [4.69, 9.17) is 15.3 Å². The van der Waals surface area contributed by atoms with E-state index < -0.39 is 12.3 Å². The Kier molecular flexibility index (Phi) is 4.05. The maximum Gasteiger partial charge on any atom is 0.488 e. The molecule has 0 saturated carbocycles. The van der Waals surface area contributed by atoms with Gasteiger partial charge in [0.2, 0.25) is 3.79 Å². The Balaban J connectivity index is 3.26. The zero-order chi connectivity index (χ0) is 11.6. The van der Waals surface area contributed by atoms with Gasteiger partial charge in [0, 0.05) is 28.2 Å². The molecule has 0 saturated heterocycles. The van der Waals surface area contributed by atoms with Crippen molar-refractivity contribution in [1.82, 2.24) is 0 Å². The molecule has 0 spiro atoms. The standard InChI is InChI=1S/C7H6BINO5/c9-7(11)4-1-5(8(12)13)3-6(2-4)10(14)15/h1-3,12-14H/q-1. The van der Waals surface area contributed by atoms with E-state index in [1.807, 2.05) is 0 Å². The van der Waals surface area contributed by atoms with E-state index in [9.17, 15) is 10.0 Å². The number of carbonyl (C=O) groups is 1. The van der Waals surface area contributed by atoms with Gasteiger partial charge in [0.25, 0.3) is 0 Å². The minimum atomic E-state index is -1.81. The number of carbonyl (C=O) groups excluding carboxylic acids is 1. The van der Waals surface area contributed by atoms with E-state index in [2.05, 4.69) is 0 Å². The average Bonchev–Trinajstić information content (AvgIpc) is 2.16. The lowest BCUT2D eigenvalue weighted by Crippen LogP contribution is -2.31. The molecule has 6 nitrogen and oxygen atoms in total. The number of benzene rings is 1. The fourth-order valence-electron chi connectivity index (χ4n) is 1.01. The van der Waals surface area contributed by atoms with Crippen molar-refractivity contribution >= 4 is 44.6 Å². The first-order valence-corrected chi connectivity index (χ1v) is 4.87. The quantitative estimate of drug-likeness (QED) is 0.304. The van der Waals surface area contributed by atoms with Crippen molar-refractivity contribution < 1.29 is 20.0 Å². The fourth-order valence-corrected chi connectivity index (χ4v) is 1.32. The maximum atomic E-state index is 11.0. The SMILES string of the molecule is O=C(I)c1cc(B(O)O)cc(N([O-])O)c1. The van der Waals surface area contributed by atoms with Crippen molar-refractivity contribution in [2.75, 3.05) is 5.23 Å². The van der Waals surface area contributed by atoms with Crippen molar-refractivity contribution in [1.29, 1.82) is 0 Å². The van der Waals surface area contributed by atoms with Gasteiger partial charge >= 0.3 is 7.12 Å². The molecule has 0 radical (unpaired) electrons. The molecule has 80 valence electrons. The van der Waals surface area contributed by atoms with Gasteiger partial charge in [-0.25, -0.2) is 0 Å². The third-order valence-corrected chi connectivity index (χ3v) is 2.31. The van der Waals surface area contributed by atoms with Crippen LogP contribution in [0.2, 0.25) is 0 Å². The Morgan fingerprint density at radius 2 is 2.00 bits per heavy atom. The molecule has 0 aromatic heterocycles. The third-order valence-electron chi connectivity index (χ3n) is 1.69. The largest absolute Gasteiger partial charge is 0.733 e. The highest BCUT2D eigenvalue weighted by Gasteiger charge is 2.15. The first-order chi connectivity index (χ1) is 6.91. The van der Waals surface area contributed by atoms with E-state index in [1.54, 1.807) is 0 Å². The molecule has 0 fully saturated rings. The second-order valence-corrected chi connectivity index (χ2v) is 3.71. The maximum absolute atomic E-state index is 11.0. The number of rotatable bonds is 3. The van der Waals surface area contributed by atoms with Crippen LogP contribution in [0.5, 0.6) is 0 Å². The summed E-state index contributed by atoms with van der Waals surface area (Å²) in [6.45, 7) is 0. The first-order valence-electron chi connectivity index (χ1n) is 3.79. The van der Waals surface area contributed by atoms with Gasteiger partial charge in [0.15, 0.2) is 0 Å². The van der Waals surface area contributed by atoms with Crippen LogP contribution in [0.4, 0.5) is 5.69 Å². The normalized spacial score (nSPS) is 9.93. The van der Waals surface area contributed by atoms with E-state index >= 15 is 0 Å². The lowest BCUT2D eigenvalue weighted by molar-refractivity contribution is 0.110. The molecule has 0 amide bonds. The van der Waals surface area contributed by atoms with Gasteiger partial charge in [0.05, 0.1) is 5.69 Å². The third kappa shape index (κ3) is 3.14. The predicted molar refractivity (Wildman–Crippen MR) is 62.3 cm³/mol. The molecule has 0 aliphatic rings. The van der Waals surface area contributed by atoms with Crippen molar-refractivity contribution in [3.05, 3.63) is 29.0 Å². The summed E-state index contributed by atoms with van der Waals surface area (Å²) in [7, 11) is -1.81. The van der Waals surface area contributed by atoms with E-state index in [1.165, 1.54) is 28.7 Å². The van der Waals surface area contributed by atoms with Crippen molar-refractivity contribution in [3.63, 3.8) is 0 Å². The van der Waals surface area contributed by atoms with Crippen LogP contribution in [0, 0.1) is 5.21 Å². The zero-order valence-electron chi connectivity index (χ0n) is 7.29. The highest BCUT2D eigenvalue weighted by Crippen LogP contribution is 2.15. The van der Waals surface area contributed by atoms with Crippen LogP contribution in [-0.2, 0) is 0 Å². The number of halogens is 1. The molecular weight excluding hydrogens is 316 g/mol. The summed E-state index contributed by atoms with van der Waals surface area (Å²) < 4.78 is -0.377. The zero-order valence-corrected chi connectivity index (χ0v) is 9.45. The number of nitrogens with zero attached hydrogens (tertiary/aromatic N) is 1. The molecule has 0 aliphatic heterocycles. The van der Waals surface area contributed by atoms with Gasteiger partial charge in [-0.05, 0) is 17.6 Å². The Hall–Kier alpha value is -0.675. The number of hydrogen-bond donors (Lipinski definition) is 3. The molecule has 1 rings (SSSR count). The smallest absolute Gasteiger partial charge is 0.488 e. The van der Waals surface area contributed by atoms with E-state index in [0.717, 1.165) is 12.1 Å². The van der Waals surface area contributed by atoms with Crippen LogP contribution in [0.15, 0.2) is 18.2 Å². The molecule has 3 N–H and O–H groups in total. The van der Waals surface area contributed by atoms with Crippen LogP contribution < -0.4 is 10.7 Å². The van der Waals surface area contributed by atoms with Crippen molar-refractivity contribution in [2.45, 2.75) is 0 Å².